The van der Waals surface area contributed by atoms with Crippen molar-refractivity contribution in [1.29, 1.82) is 0 Å². The van der Waals surface area contributed by atoms with Crippen LogP contribution in [0.3, 0.4) is 0 Å². The summed E-state index contributed by atoms with van der Waals surface area (Å²) in [4.78, 5) is 34.3. The number of ether oxygens (including phenoxy) is 2. The first-order valence-corrected chi connectivity index (χ1v) is 4.66. The summed E-state index contributed by atoms with van der Waals surface area (Å²) in [6.07, 6.45) is -1.15. The summed E-state index contributed by atoms with van der Waals surface area (Å²) in [6, 6.07) is -0.924. The van der Waals surface area contributed by atoms with E-state index in [0.717, 1.165) is 4.90 Å². The van der Waals surface area contributed by atoms with Crippen LogP contribution in [0.2, 0.25) is 0 Å². The van der Waals surface area contributed by atoms with Gasteiger partial charge in [-0.2, -0.15) is 0 Å². The zero-order chi connectivity index (χ0) is 12.3. The molecule has 7 nitrogen and oxygen atoms in total. The second-order valence-electron chi connectivity index (χ2n) is 3.43. The first-order chi connectivity index (χ1) is 7.51. The van der Waals surface area contributed by atoms with E-state index in [2.05, 4.69) is 9.47 Å². The summed E-state index contributed by atoms with van der Waals surface area (Å²) in [7, 11) is 2.40. The highest BCUT2D eigenvalue weighted by atomic mass is 16.5. The van der Waals surface area contributed by atoms with E-state index < -0.39 is 30.0 Å². The molecular formula is C9H13NO6. The minimum absolute atomic E-state index is 0.0399. The number of carboxylic acid groups (broad SMARTS) is 1. The number of methoxy groups -OCH3 is 2. The molecule has 0 radical (unpaired) electrons. The van der Waals surface area contributed by atoms with E-state index in [1.807, 2.05) is 0 Å². The third-order valence-corrected chi connectivity index (χ3v) is 2.55. The first kappa shape index (κ1) is 12.3. The molecule has 0 aromatic rings. The SMILES string of the molecule is COC(=O)C1CC(C(=O)OC)N(C(=O)O)C1. The molecule has 1 saturated heterocycles. The molecule has 2 atom stereocenters. The minimum atomic E-state index is -1.25. The van der Waals surface area contributed by atoms with Crippen molar-refractivity contribution >= 4 is 18.0 Å². The average molecular weight is 231 g/mol. The van der Waals surface area contributed by atoms with E-state index in [-0.39, 0.29) is 13.0 Å². The van der Waals surface area contributed by atoms with Crippen LogP contribution in [0, 0.1) is 5.92 Å². The van der Waals surface area contributed by atoms with Gasteiger partial charge in [0.05, 0.1) is 20.1 Å². The lowest BCUT2D eigenvalue weighted by atomic mass is 10.1. The van der Waals surface area contributed by atoms with Crippen LogP contribution >= 0.6 is 0 Å². The van der Waals surface area contributed by atoms with Crippen molar-refractivity contribution in [1.82, 2.24) is 4.90 Å². The van der Waals surface area contributed by atoms with Crippen LogP contribution in [-0.2, 0) is 19.1 Å². The number of esters is 2. The molecular weight excluding hydrogens is 218 g/mol. The lowest BCUT2D eigenvalue weighted by Gasteiger charge is -2.18. The topological polar surface area (TPSA) is 93.1 Å². The predicted molar refractivity (Wildman–Crippen MR) is 50.7 cm³/mol. The number of carbonyl (C=O) groups excluding carboxylic acids is 2. The monoisotopic (exact) mass is 231 g/mol. The molecule has 90 valence electrons. The quantitative estimate of drug-likeness (QED) is 0.656. The summed E-state index contributed by atoms with van der Waals surface area (Å²) in [5, 5.41) is 8.87. The maximum atomic E-state index is 11.3. The Bertz CT molecular complexity index is 315. The summed E-state index contributed by atoms with van der Waals surface area (Å²) in [5.41, 5.74) is 0. The summed E-state index contributed by atoms with van der Waals surface area (Å²) >= 11 is 0. The minimum Gasteiger partial charge on any atom is -0.469 e. The van der Waals surface area contributed by atoms with E-state index in [0.29, 0.717) is 0 Å². The van der Waals surface area contributed by atoms with Crippen LogP contribution in [0.25, 0.3) is 0 Å². The molecule has 1 aliphatic rings. The molecule has 0 aromatic heterocycles. The van der Waals surface area contributed by atoms with Crippen LogP contribution in [-0.4, -0.2) is 54.8 Å². The van der Waals surface area contributed by atoms with Crippen LogP contribution < -0.4 is 0 Å². The molecule has 0 spiro atoms. The van der Waals surface area contributed by atoms with Crippen LogP contribution in [0.4, 0.5) is 4.79 Å². The second-order valence-corrected chi connectivity index (χ2v) is 3.43. The smallest absolute Gasteiger partial charge is 0.408 e. The van der Waals surface area contributed by atoms with E-state index in [9.17, 15) is 14.4 Å². The summed E-state index contributed by atoms with van der Waals surface area (Å²) in [6.45, 7) is -0.0399. The molecule has 2 unspecified atom stereocenters. The van der Waals surface area contributed by atoms with Crippen molar-refractivity contribution < 1.29 is 29.0 Å². The van der Waals surface area contributed by atoms with Crippen molar-refractivity contribution in [3.63, 3.8) is 0 Å². The van der Waals surface area contributed by atoms with Gasteiger partial charge in [0.15, 0.2) is 0 Å². The molecule has 1 heterocycles. The van der Waals surface area contributed by atoms with Gasteiger partial charge in [0.25, 0.3) is 0 Å². The second kappa shape index (κ2) is 4.82. The van der Waals surface area contributed by atoms with Crippen molar-refractivity contribution in [3.05, 3.63) is 0 Å². The van der Waals surface area contributed by atoms with E-state index in [1.54, 1.807) is 0 Å². The maximum Gasteiger partial charge on any atom is 0.408 e. The molecule has 0 aromatic carbocycles. The third-order valence-electron chi connectivity index (χ3n) is 2.55. The zero-order valence-corrected chi connectivity index (χ0v) is 9.00. The van der Waals surface area contributed by atoms with Gasteiger partial charge in [-0.1, -0.05) is 0 Å². The highest BCUT2D eigenvalue weighted by molar-refractivity contribution is 5.84. The Labute approximate surface area is 91.9 Å². The number of nitrogens with zero attached hydrogens (tertiary/aromatic N) is 1. The number of hydrogen-bond acceptors (Lipinski definition) is 5. The number of rotatable bonds is 2. The molecule has 1 rings (SSSR count). The van der Waals surface area contributed by atoms with Crippen LogP contribution in [0.5, 0.6) is 0 Å². The number of carbonyl (C=O) groups is 3. The number of amides is 1. The van der Waals surface area contributed by atoms with Gasteiger partial charge >= 0.3 is 18.0 Å². The lowest BCUT2D eigenvalue weighted by Crippen LogP contribution is -2.40. The van der Waals surface area contributed by atoms with E-state index in [4.69, 9.17) is 5.11 Å². The normalized spacial score (nSPS) is 24.0. The molecule has 16 heavy (non-hydrogen) atoms. The third kappa shape index (κ3) is 2.23. The largest absolute Gasteiger partial charge is 0.469 e. The van der Waals surface area contributed by atoms with Crippen LogP contribution in [0.1, 0.15) is 6.42 Å². The highest BCUT2D eigenvalue weighted by Crippen LogP contribution is 2.25. The van der Waals surface area contributed by atoms with Gasteiger partial charge in [-0.25, -0.2) is 9.59 Å². The van der Waals surface area contributed by atoms with E-state index >= 15 is 0 Å². The van der Waals surface area contributed by atoms with Gasteiger partial charge in [0.2, 0.25) is 0 Å². The maximum absolute atomic E-state index is 11.3. The molecule has 1 aliphatic heterocycles. The van der Waals surface area contributed by atoms with Gasteiger partial charge in [-0.15, -0.1) is 0 Å². The Morgan fingerprint density at radius 2 is 1.75 bits per heavy atom. The van der Waals surface area contributed by atoms with Gasteiger partial charge in [0.1, 0.15) is 6.04 Å². The average Bonchev–Trinajstić information content (AvgIpc) is 2.71. The lowest BCUT2D eigenvalue weighted by molar-refractivity contribution is -0.145. The predicted octanol–water partition coefficient (Wildman–Crippen LogP) is -0.299. The molecule has 0 bridgehead atoms. The van der Waals surface area contributed by atoms with Crippen molar-refractivity contribution in [3.8, 4) is 0 Å². The number of hydrogen-bond donors (Lipinski definition) is 1. The van der Waals surface area contributed by atoms with E-state index in [1.165, 1.54) is 14.2 Å². The standard InChI is InChI=1S/C9H13NO6/c1-15-7(11)5-3-6(8(12)16-2)10(4-5)9(13)14/h5-6H,3-4H2,1-2H3,(H,13,14). The summed E-state index contributed by atoms with van der Waals surface area (Å²) in [5.74, 6) is -1.78. The van der Waals surface area contributed by atoms with Crippen LogP contribution in [0.15, 0.2) is 0 Å². The van der Waals surface area contributed by atoms with Crippen molar-refractivity contribution in [2.75, 3.05) is 20.8 Å². The highest BCUT2D eigenvalue weighted by Gasteiger charge is 2.43. The Morgan fingerprint density at radius 1 is 1.19 bits per heavy atom. The molecule has 1 fully saturated rings. The Hall–Kier alpha value is -1.79. The molecule has 1 amide bonds. The fourth-order valence-corrected chi connectivity index (χ4v) is 1.74. The van der Waals surface area contributed by atoms with Gasteiger partial charge < -0.3 is 14.6 Å². The van der Waals surface area contributed by atoms with Crippen molar-refractivity contribution in [2.45, 2.75) is 12.5 Å². The molecule has 0 saturated carbocycles. The fourth-order valence-electron chi connectivity index (χ4n) is 1.74. The Morgan fingerprint density at radius 3 is 2.19 bits per heavy atom. The summed E-state index contributed by atoms with van der Waals surface area (Å²) < 4.78 is 8.99. The van der Waals surface area contributed by atoms with Gasteiger partial charge in [0, 0.05) is 6.54 Å². The zero-order valence-electron chi connectivity index (χ0n) is 9.00. The molecule has 1 N–H and O–H groups in total. The van der Waals surface area contributed by atoms with Gasteiger partial charge in [-0.3, -0.25) is 9.69 Å². The Kier molecular flexibility index (Phi) is 3.70. The van der Waals surface area contributed by atoms with Gasteiger partial charge in [-0.05, 0) is 6.42 Å². The fraction of sp³-hybridized carbons (Fsp3) is 0.667. The first-order valence-electron chi connectivity index (χ1n) is 4.66. The molecule has 7 heteroatoms. The molecule has 0 aliphatic carbocycles. The Balaban J connectivity index is 2.79. The van der Waals surface area contributed by atoms with Crippen molar-refractivity contribution in [2.24, 2.45) is 5.92 Å². The number of likely N-dealkylation sites (tertiary alicyclic amines) is 1.